The second-order valence-electron chi connectivity index (χ2n) is 10.7. The summed E-state index contributed by atoms with van der Waals surface area (Å²) in [5, 5.41) is 11.9. The Morgan fingerprint density at radius 2 is 1.83 bits per heavy atom. The Kier molecular flexibility index (Phi) is 7.68. The van der Waals surface area contributed by atoms with Gasteiger partial charge in [-0.05, 0) is 50.3 Å². The number of aromatic nitrogens is 2. The Hall–Kier alpha value is -3.89. The van der Waals surface area contributed by atoms with Gasteiger partial charge in [0.05, 0.1) is 23.8 Å². The lowest BCUT2D eigenvalue weighted by Crippen LogP contribution is -2.51. The summed E-state index contributed by atoms with van der Waals surface area (Å²) >= 11 is 6.60. The lowest BCUT2D eigenvalue weighted by atomic mass is 9.89. The molecular formula is C30H32ClN5O5. The zero-order chi connectivity index (χ0) is 28.5. The van der Waals surface area contributed by atoms with E-state index in [1.807, 2.05) is 42.5 Å². The Morgan fingerprint density at radius 1 is 1.05 bits per heavy atom. The molecule has 214 valence electrons. The number of ether oxygens (including phenoxy) is 1. The van der Waals surface area contributed by atoms with E-state index in [4.69, 9.17) is 20.9 Å². The van der Waals surface area contributed by atoms with Gasteiger partial charge in [0.25, 0.3) is 5.56 Å². The molecule has 2 aliphatic rings. The van der Waals surface area contributed by atoms with Crippen LogP contribution in [0.3, 0.4) is 0 Å². The first kappa shape index (κ1) is 27.3. The molecule has 6 rings (SSSR count). The maximum atomic E-state index is 13.8. The number of aryl methyl sites for hydroxylation is 1. The van der Waals surface area contributed by atoms with Crippen molar-refractivity contribution in [1.82, 2.24) is 25.3 Å². The molecule has 2 N–H and O–H groups in total. The SMILES string of the molecule is Cc1onc2c1c(=O)n(C1CCCC(NC(=O)C(NC(=O)N3CCOCC3)c3ccccc3)C1)c1cccc(Cl)c21. The summed E-state index contributed by atoms with van der Waals surface area (Å²) in [5.41, 5.74) is 1.68. The van der Waals surface area contributed by atoms with Crippen molar-refractivity contribution in [1.29, 1.82) is 0 Å². The quantitative estimate of drug-likeness (QED) is 0.361. The third-order valence-electron chi connectivity index (χ3n) is 8.10. The number of amides is 3. The topological polar surface area (TPSA) is 119 Å². The maximum Gasteiger partial charge on any atom is 0.318 e. The molecule has 3 heterocycles. The number of carbonyl (C=O) groups is 2. The van der Waals surface area contributed by atoms with Gasteiger partial charge in [0.15, 0.2) is 0 Å². The van der Waals surface area contributed by atoms with E-state index >= 15 is 0 Å². The van der Waals surface area contributed by atoms with Crippen molar-refractivity contribution in [3.05, 3.63) is 75.2 Å². The number of benzene rings is 2. The van der Waals surface area contributed by atoms with Crippen LogP contribution >= 0.6 is 11.6 Å². The van der Waals surface area contributed by atoms with Crippen LogP contribution in [0.1, 0.15) is 49.1 Å². The number of halogens is 1. The van der Waals surface area contributed by atoms with E-state index in [0.717, 1.165) is 19.3 Å². The predicted molar refractivity (Wildman–Crippen MR) is 155 cm³/mol. The first-order valence-corrected chi connectivity index (χ1v) is 14.4. The van der Waals surface area contributed by atoms with Gasteiger partial charge in [-0.15, -0.1) is 0 Å². The molecule has 2 fully saturated rings. The normalized spacial score (nSPS) is 20.2. The largest absolute Gasteiger partial charge is 0.378 e. The number of carbonyl (C=O) groups excluding carboxylic acids is 2. The fraction of sp³-hybridized carbons (Fsp3) is 0.400. The molecule has 2 aromatic heterocycles. The maximum absolute atomic E-state index is 13.8. The van der Waals surface area contributed by atoms with Crippen LogP contribution in [0.15, 0.2) is 57.8 Å². The van der Waals surface area contributed by atoms with Gasteiger partial charge in [-0.2, -0.15) is 0 Å². The van der Waals surface area contributed by atoms with E-state index in [0.29, 0.717) is 70.9 Å². The highest BCUT2D eigenvalue weighted by atomic mass is 35.5. The standard InChI is InChI=1S/C30H32ClN5O5/c1-18-24-27(34-41-18)25-22(31)11-6-12-23(25)36(29(24)38)21-10-5-9-20(17-21)32-28(37)26(19-7-3-2-4-8-19)33-30(39)35-13-15-40-16-14-35/h2-4,6-8,11-12,20-21,26H,5,9-10,13-17H2,1H3,(H,32,37)(H,33,39). The van der Waals surface area contributed by atoms with Gasteiger partial charge < -0.3 is 29.4 Å². The molecule has 1 saturated carbocycles. The van der Waals surface area contributed by atoms with Crippen LogP contribution in [0.5, 0.6) is 0 Å². The molecule has 0 radical (unpaired) electrons. The molecule has 41 heavy (non-hydrogen) atoms. The van der Waals surface area contributed by atoms with Gasteiger partial charge in [-0.3, -0.25) is 9.59 Å². The number of rotatable bonds is 5. The molecule has 3 amide bonds. The fourth-order valence-corrected chi connectivity index (χ4v) is 6.34. The molecule has 2 aromatic carbocycles. The van der Waals surface area contributed by atoms with Crippen LogP contribution in [0, 0.1) is 6.92 Å². The summed E-state index contributed by atoms with van der Waals surface area (Å²) in [5.74, 6) is 0.164. The number of urea groups is 1. The predicted octanol–water partition coefficient (Wildman–Crippen LogP) is 4.49. The molecule has 1 saturated heterocycles. The minimum Gasteiger partial charge on any atom is -0.378 e. The zero-order valence-electron chi connectivity index (χ0n) is 22.8. The number of hydrogen-bond donors (Lipinski definition) is 2. The van der Waals surface area contributed by atoms with E-state index in [9.17, 15) is 14.4 Å². The lowest BCUT2D eigenvalue weighted by Gasteiger charge is -2.33. The summed E-state index contributed by atoms with van der Waals surface area (Å²) in [6, 6.07) is 13.2. The van der Waals surface area contributed by atoms with E-state index in [1.165, 1.54) is 0 Å². The van der Waals surface area contributed by atoms with Crippen molar-refractivity contribution in [3.63, 3.8) is 0 Å². The monoisotopic (exact) mass is 577 g/mol. The second-order valence-corrected chi connectivity index (χ2v) is 11.1. The molecule has 10 nitrogen and oxygen atoms in total. The Labute approximate surface area is 241 Å². The van der Waals surface area contributed by atoms with Crippen molar-refractivity contribution < 1.29 is 18.8 Å². The van der Waals surface area contributed by atoms with Crippen molar-refractivity contribution in [2.75, 3.05) is 26.3 Å². The summed E-state index contributed by atoms with van der Waals surface area (Å²) in [4.78, 5) is 42.2. The number of nitrogens with zero attached hydrogens (tertiary/aromatic N) is 3. The highest BCUT2D eigenvalue weighted by Crippen LogP contribution is 2.35. The van der Waals surface area contributed by atoms with Gasteiger partial charge in [0.1, 0.15) is 22.7 Å². The van der Waals surface area contributed by atoms with E-state index in [-0.39, 0.29) is 29.6 Å². The van der Waals surface area contributed by atoms with E-state index in [1.54, 1.807) is 22.5 Å². The van der Waals surface area contributed by atoms with Gasteiger partial charge in [-0.1, -0.05) is 53.2 Å². The van der Waals surface area contributed by atoms with Crippen LogP contribution in [-0.4, -0.2) is 58.9 Å². The summed E-state index contributed by atoms with van der Waals surface area (Å²) < 4.78 is 12.5. The summed E-state index contributed by atoms with van der Waals surface area (Å²) in [6.07, 6.45) is 2.92. The molecule has 0 spiro atoms. The average molecular weight is 578 g/mol. The van der Waals surface area contributed by atoms with Crippen LogP contribution in [0.4, 0.5) is 4.79 Å². The smallest absolute Gasteiger partial charge is 0.318 e. The van der Waals surface area contributed by atoms with Crippen LogP contribution in [0.2, 0.25) is 5.02 Å². The Bertz CT molecular complexity index is 1650. The highest BCUT2D eigenvalue weighted by molar-refractivity contribution is 6.37. The van der Waals surface area contributed by atoms with Crippen molar-refractivity contribution in [2.45, 2.75) is 50.7 Å². The molecule has 3 unspecified atom stereocenters. The van der Waals surface area contributed by atoms with Gasteiger partial charge in [0.2, 0.25) is 5.91 Å². The lowest BCUT2D eigenvalue weighted by molar-refractivity contribution is -0.124. The van der Waals surface area contributed by atoms with E-state index < -0.39 is 6.04 Å². The van der Waals surface area contributed by atoms with Crippen LogP contribution in [-0.2, 0) is 9.53 Å². The Morgan fingerprint density at radius 3 is 2.61 bits per heavy atom. The van der Waals surface area contributed by atoms with Gasteiger partial charge >= 0.3 is 6.03 Å². The molecule has 0 bridgehead atoms. The van der Waals surface area contributed by atoms with Crippen LogP contribution in [0.25, 0.3) is 21.8 Å². The van der Waals surface area contributed by atoms with Gasteiger partial charge in [-0.25, -0.2) is 4.79 Å². The average Bonchev–Trinajstić information content (AvgIpc) is 3.38. The third kappa shape index (κ3) is 5.29. The first-order valence-electron chi connectivity index (χ1n) is 14.0. The number of fused-ring (bicyclic) bond motifs is 3. The zero-order valence-corrected chi connectivity index (χ0v) is 23.5. The number of morpholine rings is 1. The van der Waals surface area contributed by atoms with Crippen molar-refractivity contribution in [3.8, 4) is 0 Å². The molecule has 11 heteroatoms. The molecule has 4 aromatic rings. The van der Waals surface area contributed by atoms with Crippen molar-refractivity contribution in [2.24, 2.45) is 0 Å². The third-order valence-corrected chi connectivity index (χ3v) is 8.42. The second kappa shape index (κ2) is 11.5. The van der Waals surface area contributed by atoms with Crippen molar-refractivity contribution >= 4 is 45.3 Å². The Balaban J connectivity index is 1.27. The van der Waals surface area contributed by atoms with Crippen LogP contribution < -0.4 is 16.2 Å². The highest BCUT2D eigenvalue weighted by Gasteiger charge is 2.32. The molecule has 1 aliphatic carbocycles. The molecular weight excluding hydrogens is 546 g/mol. The molecule has 3 atom stereocenters. The summed E-state index contributed by atoms with van der Waals surface area (Å²) in [7, 11) is 0. The number of hydrogen-bond acceptors (Lipinski definition) is 6. The van der Waals surface area contributed by atoms with Gasteiger partial charge in [0, 0.05) is 30.6 Å². The number of nitrogens with one attached hydrogen (secondary N) is 2. The minimum absolute atomic E-state index is 0.167. The minimum atomic E-state index is -0.856. The fourth-order valence-electron chi connectivity index (χ4n) is 6.08. The first-order chi connectivity index (χ1) is 19.9. The molecule has 1 aliphatic heterocycles. The summed E-state index contributed by atoms with van der Waals surface area (Å²) in [6.45, 7) is 3.61. The number of pyridine rings is 1. The van der Waals surface area contributed by atoms with E-state index in [2.05, 4.69) is 15.8 Å².